The predicted molar refractivity (Wildman–Crippen MR) is 98.3 cm³/mol. The summed E-state index contributed by atoms with van der Waals surface area (Å²) in [5.41, 5.74) is 2.01. The number of hydrogen-bond acceptors (Lipinski definition) is 3. The summed E-state index contributed by atoms with van der Waals surface area (Å²) in [4.78, 5) is 25.1. The smallest absolute Gasteiger partial charge is 0.316 e. The molecule has 0 spiro atoms. The van der Waals surface area contributed by atoms with E-state index in [1.165, 1.54) is 4.90 Å². The van der Waals surface area contributed by atoms with E-state index in [2.05, 4.69) is 29.8 Å². The maximum absolute atomic E-state index is 12.2. The Hall–Kier alpha value is -2.08. The molecular formula is C18H30N4O2. The highest BCUT2D eigenvalue weighted by atomic mass is 16.2. The van der Waals surface area contributed by atoms with Gasteiger partial charge in [-0.3, -0.25) is 4.79 Å². The Bertz CT molecular complexity index is 544. The van der Waals surface area contributed by atoms with E-state index in [9.17, 15) is 9.59 Å². The lowest BCUT2D eigenvalue weighted by Crippen LogP contribution is -2.40. The number of carbonyl (C=O) groups excluding carboxylic acids is 2. The van der Waals surface area contributed by atoms with Gasteiger partial charge in [0.25, 0.3) is 0 Å². The molecule has 0 fully saturated rings. The lowest BCUT2D eigenvalue weighted by Gasteiger charge is -2.17. The highest BCUT2D eigenvalue weighted by molar-refractivity contribution is 5.92. The second-order valence-electron chi connectivity index (χ2n) is 6.48. The number of amides is 3. The molecule has 0 aliphatic carbocycles. The van der Waals surface area contributed by atoms with Crippen molar-refractivity contribution in [3.05, 3.63) is 29.8 Å². The number of rotatable bonds is 8. The number of carbonyl (C=O) groups is 2. The van der Waals surface area contributed by atoms with Crippen molar-refractivity contribution in [1.29, 1.82) is 0 Å². The highest BCUT2D eigenvalue weighted by Crippen LogP contribution is 2.23. The van der Waals surface area contributed by atoms with Crippen LogP contribution < -0.4 is 16.0 Å². The molecule has 0 aromatic heterocycles. The van der Waals surface area contributed by atoms with Gasteiger partial charge in [-0.15, -0.1) is 0 Å². The van der Waals surface area contributed by atoms with E-state index >= 15 is 0 Å². The van der Waals surface area contributed by atoms with E-state index in [1.54, 1.807) is 14.1 Å². The Morgan fingerprint density at radius 3 is 2.38 bits per heavy atom. The molecule has 3 amide bonds. The highest BCUT2D eigenvalue weighted by Gasteiger charge is 2.12. The molecule has 0 saturated carbocycles. The first-order valence-electron chi connectivity index (χ1n) is 8.38. The van der Waals surface area contributed by atoms with Crippen molar-refractivity contribution in [2.45, 2.75) is 39.2 Å². The zero-order valence-corrected chi connectivity index (χ0v) is 15.3. The molecule has 0 aliphatic heterocycles. The van der Waals surface area contributed by atoms with Gasteiger partial charge in [0.05, 0.1) is 0 Å². The third kappa shape index (κ3) is 7.00. The average molecular weight is 334 g/mol. The van der Waals surface area contributed by atoms with Gasteiger partial charge >= 0.3 is 6.03 Å². The fourth-order valence-corrected chi connectivity index (χ4v) is 2.31. The van der Waals surface area contributed by atoms with Crippen LogP contribution in [0, 0.1) is 0 Å². The standard InChI is InChI=1S/C18H30N4O2/c1-13(2)15-8-6-7-9-16(15)21-17(23)12-14(3)19-10-11-20-18(24)22(4)5/h6-9,13-14,19H,10-12H2,1-5H3,(H,20,24)(H,21,23). The molecule has 1 rings (SSSR count). The van der Waals surface area contributed by atoms with Crippen molar-refractivity contribution in [3.8, 4) is 0 Å². The van der Waals surface area contributed by atoms with E-state index < -0.39 is 0 Å². The molecule has 0 aliphatic rings. The van der Waals surface area contributed by atoms with Crippen LogP contribution in [0.25, 0.3) is 0 Å². The van der Waals surface area contributed by atoms with E-state index in [0.29, 0.717) is 25.4 Å². The largest absolute Gasteiger partial charge is 0.337 e. The summed E-state index contributed by atoms with van der Waals surface area (Å²) in [6, 6.07) is 7.80. The number of urea groups is 1. The Balaban J connectivity index is 2.36. The van der Waals surface area contributed by atoms with Gasteiger partial charge in [0.2, 0.25) is 5.91 Å². The van der Waals surface area contributed by atoms with Gasteiger partial charge in [-0.1, -0.05) is 32.0 Å². The normalized spacial score (nSPS) is 11.9. The summed E-state index contributed by atoms with van der Waals surface area (Å²) in [7, 11) is 3.40. The average Bonchev–Trinajstić information content (AvgIpc) is 2.51. The van der Waals surface area contributed by atoms with Gasteiger partial charge in [-0.2, -0.15) is 0 Å². The monoisotopic (exact) mass is 334 g/mol. The molecule has 0 radical (unpaired) electrons. The zero-order valence-electron chi connectivity index (χ0n) is 15.3. The van der Waals surface area contributed by atoms with Crippen LogP contribution in [-0.2, 0) is 4.79 Å². The van der Waals surface area contributed by atoms with Crippen LogP contribution in [-0.4, -0.2) is 50.1 Å². The second kappa shape index (κ2) is 9.93. The number of hydrogen-bond donors (Lipinski definition) is 3. The maximum atomic E-state index is 12.2. The van der Waals surface area contributed by atoms with E-state index in [4.69, 9.17) is 0 Å². The van der Waals surface area contributed by atoms with Crippen molar-refractivity contribution >= 4 is 17.6 Å². The van der Waals surface area contributed by atoms with Crippen LogP contribution in [0.4, 0.5) is 10.5 Å². The van der Waals surface area contributed by atoms with Gasteiger partial charge in [-0.05, 0) is 24.5 Å². The van der Waals surface area contributed by atoms with Crippen LogP contribution in [0.15, 0.2) is 24.3 Å². The van der Waals surface area contributed by atoms with E-state index in [0.717, 1.165) is 11.3 Å². The van der Waals surface area contributed by atoms with Crippen LogP contribution in [0.5, 0.6) is 0 Å². The minimum Gasteiger partial charge on any atom is -0.337 e. The Morgan fingerprint density at radius 1 is 1.08 bits per heavy atom. The van der Waals surface area contributed by atoms with Crippen molar-refractivity contribution in [1.82, 2.24) is 15.5 Å². The summed E-state index contributed by atoms with van der Waals surface area (Å²) in [5, 5.41) is 9.00. The predicted octanol–water partition coefficient (Wildman–Crippen LogP) is 2.39. The van der Waals surface area contributed by atoms with Crippen LogP contribution in [0.2, 0.25) is 0 Å². The molecule has 6 nitrogen and oxygen atoms in total. The van der Waals surface area contributed by atoms with Crippen molar-refractivity contribution in [3.63, 3.8) is 0 Å². The third-order valence-corrected chi connectivity index (χ3v) is 3.65. The van der Waals surface area contributed by atoms with Gasteiger partial charge in [0.1, 0.15) is 0 Å². The van der Waals surface area contributed by atoms with Gasteiger partial charge in [0, 0.05) is 45.3 Å². The van der Waals surface area contributed by atoms with Crippen LogP contribution in [0.1, 0.15) is 38.7 Å². The number of nitrogens with zero attached hydrogens (tertiary/aromatic N) is 1. The van der Waals surface area contributed by atoms with Crippen molar-refractivity contribution in [2.24, 2.45) is 0 Å². The molecule has 1 aromatic rings. The quantitative estimate of drug-likeness (QED) is 0.639. The minimum absolute atomic E-state index is 0.0135. The molecule has 134 valence electrons. The Kier molecular flexibility index (Phi) is 8.26. The number of para-hydroxylation sites is 1. The molecular weight excluding hydrogens is 304 g/mol. The molecule has 0 bridgehead atoms. The van der Waals surface area contributed by atoms with E-state index in [-0.39, 0.29) is 18.0 Å². The number of nitrogens with one attached hydrogen (secondary N) is 3. The molecule has 1 aromatic carbocycles. The second-order valence-corrected chi connectivity index (χ2v) is 6.48. The van der Waals surface area contributed by atoms with Gasteiger partial charge in [0.15, 0.2) is 0 Å². The lowest BCUT2D eigenvalue weighted by molar-refractivity contribution is -0.116. The Labute approximate surface area is 145 Å². The number of anilines is 1. The first-order valence-corrected chi connectivity index (χ1v) is 8.38. The topological polar surface area (TPSA) is 73.5 Å². The first kappa shape index (κ1) is 20.0. The van der Waals surface area contributed by atoms with Crippen molar-refractivity contribution in [2.75, 3.05) is 32.5 Å². The summed E-state index contributed by atoms with van der Waals surface area (Å²) in [6.07, 6.45) is 0.383. The minimum atomic E-state index is -0.118. The van der Waals surface area contributed by atoms with E-state index in [1.807, 2.05) is 31.2 Å². The van der Waals surface area contributed by atoms with Crippen LogP contribution in [0.3, 0.4) is 0 Å². The Morgan fingerprint density at radius 2 is 1.75 bits per heavy atom. The van der Waals surface area contributed by atoms with Gasteiger partial charge < -0.3 is 20.9 Å². The fraction of sp³-hybridized carbons (Fsp3) is 0.556. The molecule has 1 unspecified atom stereocenters. The lowest BCUT2D eigenvalue weighted by atomic mass is 10.0. The van der Waals surface area contributed by atoms with Crippen molar-refractivity contribution < 1.29 is 9.59 Å². The maximum Gasteiger partial charge on any atom is 0.316 e. The first-order chi connectivity index (χ1) is 11.3. The summed E-state index contributed by atoms with van der Waals surface area (Å²) in [6.45, 7) is 7.33. The summed E-state index contributed by atoms with van der Waals surface area (Å²) < 4.78 is 0. The zero-order chi connectivity index (χ0) is 18.1. The third-order valence-electron chi connectivity index (χ3n) is 3.65. The fourth-order valence-electron chi connectivity index (χ4n) is 2.31. The van der Waals surface area contributed by atoms with Gasteiger partial charge in [-0.25, -0.2) is 4.79 Å². The summed E-state index contributed by atoms with van der Waals surface area (Å²) in [5.74, 6) is 0.345. The molecule has 0 heterocycles. The molecule has 1 atom stereocenters. The molecule has 6 heteroatoms. The molecule has 3 N–H and O–H groups in total. The SMILES string of the molecule is CC(CC(=O)Nc1ccccc1C(C)C)NCCNC(=O)N(C)C. The number of benzene rings is 1. The molecule has 0 saturated heterocycles. The summed E-state index contributed by atoms with van der Waals surface area (Å²) >= 11 is 0. The van der Waals surface area contributed by atoms with Crippen LogP contribution >= 0.6 is 0 Å². The molecule has 24 heavy (non-hydrogen) atoms.